The van der Waals surface area contributed by atoms with Crippen LogP contribution in [0.1, 0.15) is 26.3 Å². The smallest absolute Gasteiger partial charge is 0.124 e. The van der Waals surface area contributed by atoms with E-state index in [4.69, 9.17) is 11.6 Å². The number of rotatable bonds is 3. The van der Waals surface area contributed by atoms with Crippen LogP contribution in [0.5, 0.6) is 0 Å². The first-order chi connectivity index (χ1) is 7.32. The van der Waals surface area contributed by atoms with E-state index < -0.39 is 0 Å². The highest BCUT2D eigenvalue weighted by Crippen LogP contribution is 2.30. The van der Waals surface area contributed by atoms with E-state index in [1.165, 1.54) is 6.07 Å². The van der Waals surface area contributed by atoms with Gasteiger partial charge in [0.15, 0.2) is 0 Å². The van der Waals surface area contributed by atoms with Crippen molar-refractivity contribution in [2.75, 3.05) is 5.88 Å². The van der Waals surface area contributed by atoms with Crippen molar-refractivity contribution in [2.45, 2.75) is 27.2 Å². The second-order valence-corrected chi connectivity index (χ2v) is 6.42. The Bertz CT molecular complexity index is 337. The van der Waals surface area contributed by atoms with Crippen LogP contribution >= 0.6 is 27.5 Å². The van der Waals surface area contributed by atoms with Crippen LogP contribution in [-0.4, -0.2) is 5.88 Å². The van der Waals surface area contributed by atoms with Crippen molar-refractivity contribution in [2.24, 2.45) is 11.3 Å². The van der Waals surface area contributed by atoms with E-state index in [1.54, 1.807) is 6.07 Å². The van der Waals surface area contributed by atoms with E-state index in [0.29, 0.717) is 11.8 Å². The van der Waals surface area contributed by atoms with Crippen LogP contribution in [0.25, 0.3) is 0 Å². The Morgan fingerprint density at radius 2 is 1.94 bits per heavy atom. The summed E-state index contributed by atoms with van der Waals surface area (Å²) in [5.74, 6) is 0.743. The maximum absolute atomic E-state index is 13.2. The molecule has 0 saturated heterocycles. The molecule has 90 valence electrons. The third kappa shape index (κ3) is 4.06. The van der Waals surface area contributed by atoms with Gasteiger partial charge in [-0.3, -0.25) is 0 Å². The first-order valence-corrected chi connectivity index (χ1v) is 6.66. The van der Waals surface area contributed by atoms with Gasteiger partial charge in [-0.05, 0) is 41.5 Å². The third-order valence-electron chi connectivity index (χ3n) is 2.82. The van der Waals surface area contributed by atoms with E-state index in [0.717, 1.165) is 16.5 Å². The Morgan fingerprint density at radius 3 is 2.38 bits per heavy atom. The van der Waals surface area contributed by atoms with Crippen molar-refractivity contribution in [1.29, 1.82) is 0 Å². The van der Waals surface area contributed by atoms with Gasteiger partial charge in [-0.2, -0.15) is 0 Å². The molecule has 0 bridgehead atoms. The van der Waals surface area contributed by atoms with Gasteiger partial charge in [-0.25, -0.2) is 4.39 Å². The quantitative estimate of drug-likeness (QED) is 0.687. The zero-order valence-corrected chi connectivity index (χ0v) is 12.2. The molecule has 0 spiro atoms. The van der Waals surface area contributed by atoms with E-state index in [1.807, 2.05) is 6.07 Å². The highest BCUT2D eigenvalue weighted by Gasteiger charge is 2.24. The first kappa shape index (κ1) is 14.0. The Balaban J connectivity index is 2.86. The summed E-state index contributed by atoms with van der Waals surface area (Å²) in [6.45, 7) is 6.48. The SMILES string of the molecule is CC(C)(C)C(CCl)Cc1cc(F)cc(Br)c1. The molecule has 16 heavy (non-hydrogen) atoms. The average molecular weight is 308 g/mol. The average Bonchev–Trinajstić information content (AvgIpc) is 2.10. The van der Waals surface area contributed by atoms with Gasteiger partial charge in [0, 0.05) is 10.4 Å². The van der Waals surface area contributed by atoms with Gasteiger partial charge in [0.2, 0.25) is 0 Å². The van der Waals surface area contributed by atoms with Crippen LogP contribution in [0, 0.1) is 17.2 Å². The highest BCUT2D eigenvalue weighted by atomic mass is 79.9. The normalized spacial score (nSPS) is 13.9. The number of halogens is 3. The van der Waals surface area contributed by atoms with Gasteiger partial charge in [-0.15, -0.1) is 11.6 Å². The minimum absolute atomic E-state index is 0.139. The molecule has 0 heterocycles. The summed E-state index contributed by atoms with van der Waals surface area (Å²) in [7, 11) is 0. The van der Waals surface area contributed by atoms with Crippen molar-refractivity contribution in [3.63, 3.8) is 0 Å². The summed E-state index contributed by atoms with van der Waals surface area (Å²) >= 11 is 9.28. The summed E-state index contributed by atoms with van der Waals surface area (Å²) in [5, 5.41) is 0. The summed E-state index contributed by atoms with van der Waals surface area (Å²) in [6, 6.07) is 5.00. The number of hydrogen-bond acceptors (Lipinski definition) is 0. The summed E-state index contributed by atoms with van der Waals surface area (Å²) in [5.41, 5.74) is 1.13. The van der Waals surface area contributed by atoms with Crippen LogP contribution < -0.4 is 0 Å². The zero-order valence-electron chi connectivity index (χ0n) is 9.86. The van der Waals surface area contributed by atoms with Crippen molar-refractivity contribution in [3.8, 4) is 0 Å². The maximum Gasteiger partial charge on any atom is 0.124 e. The fourth-order valence-electron chi connectivity index (χ4n) is 1.61. The number of benzene rings is 1. The highest BCUT2D eigenvalue weighted by molar-refractivity contribution is 9.10. The lowest BCUT2D eigenvalue weighted by molar-refractivity contribution is 0.263. The fraction of sp³-hybridized carbons (Fsp3) is 0.538. The second-order valence-electron chi connectivity index (χ2n) is 5.20. The van der Waals surface area contributed by atoms with Gasteiger partial charge in [-0.1, -0.05) is 36.7 Å². The number of hydrogen-bond donors (Lipinski definition) is 0. The van der Waals surface area contributed by atoms with Crippen molar-refractivity contribution in [1.82, 2.24) is 0 Å². The lowest BCUT2D eigenvalue weighted by Gasteiger charge is -2.29. The van der Waals surface area contributed by atoms with E-state index >= 15 is 0 Å². The molecule has 1 aromatic rings. The Morgan fingerprint density at radius 1 is 1.31 bits per heavy atom. The molecule has 0 nitrogen and oxygen atoms in total. The predicted octanol–water partition coefficient (Wildman–Crippen LogP) is 5.03. The van der Waals surface area contributed by atoms with Crippen LogP contribution in [0.2, 0.25) is 0 Å². The molecule has 0 aliphatic carbocycles. The molecule has 0 radical (unpaired) electrons. The Labute approximate surface area is 110 Å². The topological polar surface area (TPSA) is 0 Å². The molecule has 0 saturated carbocycles. The largest absolute Gasteiger partial charge is 0.207 e. The molecule has 0 aliphatic heterocycles. The van der Waals surface area contributed by atoms with Gasteiger partial charge in [0.1, 0.15) is 5.82 Å². The molecule has 0 N–H and O–H groups in total. The minimum Gasteiger partial charge on any atom is -0.207 e. The molecule has 0 aliphatic rings. The molecular weight excluding hydrogens is 290 g/mol. The second kappa shape index (κ2) is 5.50. The maximum atomic E-state index is 13.2. The van der Waals surface area contributed by atoms with Crippen LogP contribution in [-0.2, 0) is 6.42 Å². The van der Waals surface area contributed by atoms with Crippen molar-refractivity contribution in [3.05, 3.63) is 34.1 Å². The van der Waals surface area contributed by atoms with Crippen LogP contribution in [0.3, 0.4) is 0 Å². The Hall–Kier alpha value is -0.0800. The fourth-order valence-corrected chi connectivity index (χ4v) is 2.69. The van der Waals surface area contributed by atoms with Crippen LogP contribution in [0.15, 0.2) is 22.7 Å². The molecule has 0 amide bonds. The predicted molar refractivity (Wildman–Crippen MR) is 71.5 cm³/mol. The molecule has 0 fully saturated rings. The van der Waals surface area contributed by atoms with E-state index in [9.17, 15) is 4.39 Å². The lowest BCUT2D eigenvalue weighted by atomic mass is 9.78. The molecule has 1 rings (SSSR count). The zero-order chi connectivity index (χ0) is 12.3. The molecule has 1 aromatic carbocycles. The van der Waals surface area contributed by atoms with E-state index in [-0.39, 0.29) is 11.2 Å². The molecule has 3 heteroatoms. The summed E-state index contributed by atoms with van der Waals surface area (Å²) in [6.07, 6.45) is 0.809. The number of alkyl halides is 1. The van der Waals surface area contributed by atoms with Gasteiger partial charge < -0.3 is 0 Å². The van der Waals surface area contributed by atoms with Crippen molar-refractivity contribution < 1.29 is 4.39 Å². The third-order valence-corrected chi connectivity index (χ3v) is 3.65. The van der Waals surface area contributed by atoms with Crippen LogP contribution in [0.4, 0.5) is 4.39 Å². The lowest BCUT2D eigenvalue weighted by Crippen LogP contribution is -2.24. The minimum atomic E-state index is -0.202. The molecular formula is C13H17BrClF. The monoisotopic (exact) mass is 306 g/mol. The summed E-state index contributed by atoms with van der Waals surface area (Å²) < 4.78 is 14.0. The molecule has 0 aromatic heterocycles. The Kier molecular flexibility index (Phi) is 4.81. The summed E-state index contributed by atoms with van der Waals surface area (Å²) in [4.78, 5) is 0. The van der Waals surface area contributed by atoms with Crippen molar-refractivity contribution >= 4 is 27.5 Å². The van der Waals surface area contributed by atoms with Gasteiger partial charge in [0.25, 0.3) is 0 Å². The molecule has 1 atom stereocenters. The standard InChI is InChI=1S/C13H17BrClF/c1-13(2,3)10(8-15)4-9-5-11(14)7-12(16)6-9/h5-7,10H,4,8H2,1-3H3. The van der Waals surface area contributed by atoms with Gasteiger partial charge >= 0.3 is 0 Å². The van der Waals surface area contributed by atoms with Gasteiger partial charge in [0.05, 0.1) is 0 Å². The molecule has 1 unspecified atom stereocenters. The first-order valence-electron chi connectivity index (χ1n) is 5.34. The van der Waals surface area contributed by atoms with E-state index in [2.05, 4.69) is 36.7 Å².